The number of hydrogen-bond donors (Lipinski definition) is 1. The monoisotopic (exact) mass is 292 g/mol. The van der Waals surface area contributed by atoms with Crippen LogP contribution in [0.2, 0.25) is 0 Å². The van der Waals surface area contributed by atoms with E-state index >= 15 is 0 Å². The molecule has 0 aliphatic heterocycles. The summed E-state index contributed by atoms with van der Waals surface area (Å²) in [6.45, 7) is 8.01. The number of hydrogen-bond acceptors (Lipinski definition) is 5. The van der Waals surface area contributed by atoms with Crippen LogP contribution in [0.1, 0.15) is 45.4 Å². The van der Waals surface area contributed by atoms with Crippen molar-refractivity contribution >= 4 is 5.97 Å². The Morgan fingerprint density at radius 2 is 2.14 bits per heavy atom. The van der Waals surface area contributed by atoms with Crippen LogP contribution in [0.15, 0.2) is 16.5 Å². The fourth-order valence-electron chi connectivity index (χ4n) is 2.31. The zero-order valence-electron chi connectivity index (χ0n) is 12.7. The lowest BCUT2D eigenvalue weighted by molar-refractivity contribution is -0.138. The highest BCUT2D eigenvalue weighted by atomic mass is 16.4. The molecule has 21 heavy (non-hydrogen) atoms. The summed E-state index contributed by atoms with van der Waals surface area (Å²) in [5.41, 5.74) is -0.0393. The number of aliphatic carboxylic acids is 1. The first-order chi connectivity index (χ1) is 9.76. The minimum atomic E-state index is -0.874. The van der Waals surface area contributed by atoms with Gasteiger partial charge in [-0.15, -0.1) is 5.10 Å². The number of nitrogens with zero attached hydrogens (tertiary/aromatic N) is 4. The third kappa shape index (κ3) is 3.90. The maximum Gasteiger partial charge on any atom is 0.305 e. The maximum absolute atomic E-state index is 11.1. The van der Waals surface area contributed by atoms with Crippen molar-refractivity contribution in [2.45, 2.75) is 46.6 Å². The highest BCUT2D eigenvalue weighted by Crippen LogP contribution is 2.32. The van der Waals surface area contributed by atoms with E-state index in [4.69, 9.17) is 9.52 Å². The van der Waals surface area contributed by atoms with Crippen LogP contribution in [0.3, 0.4) is 0 Å². The normalized spacial score (nSPS) is 13.3. The molecule has 0 aliphatic rings. The van der Waals surface area contributed by atoms with E-state index < -0.39 is 5.97 Å². The lowest BCUT2D eigenvalue weighted by atomic mass is 9.87. The fourth-order valence-corrected chi connectivity index (χ4v) is 2.31. The van der Waals surface area contributed by atoms with E-state index in [0.29, 0.717) is 18.0 Å². The van der Waals surface area contributed by atoms with Crippen LogP contribution in [0.5, 0.6) is 0 Å². The lowest BCUT2D eigenvalue weighted by Crippen LogP contribution is -2.22. The second-order valence-corrected chi connectivity index (χ2v) is 6.37. The van der Waals surface area contributed by atoms with Crippen LogP contribution in [0.25, 0.3) is 11.6 Å². The van der Waals surface area contributed by atoms with Gasteiger partial charge in [-0.1, -0.05) is 20.8 Å². The predicted molar refractivity (Wildman–Crippen MR) is 75.6 cm³/mol. The summed E-state index contributed by atoms with van der Waals surface area (Å²) < 4.78 is 7.10. The van der Waals surface area contributed by atoms with E-state index in [9.17, 15) is 4.79 Å². The number of rotatable bonds is 5. The Kier molecular flexibility index (Phi) is 4.11. The minimum Gasteiger partial charge on any atom is -0.481 e. The third-order valence-electron chi connectivity index (χ3n) is 3.06. The van der Waals surface area contributed by atoms with Gasteiger partial charge in [-0.2, -0.15) is 0 Å². The van der Waals surface area contributed by atoms with Gasteiger partial charge in [-0.25, -0.2) is 4.68 Å². The number of carbonyl (C=O) groups is 1. The molecule has 2 aromatic rings. The number of carboxylic acids is 1. The molecule has 0 amide bonds. The van der Waals surface area contributed by atoms with Crippen molar-refractivity contribution in [2.24, 2.45) is 5.41 Å². The molecule has 0 fully saturated rings. The van der Waals surface area contributed by atoms with E-state index in [-0.39, 0.29) is 17.9 Å². The molecular formula is C14H20N4O3. The smallest absolute Gasteiger partial charge is 0.305 e. The highest BCUT2D eigenvalue weighted by Gasteiger charge is 2.27. The van der Waals surface area contributed by atoms with Crippen molar-refractivity contribution in [3.63, 3.8) is 0 Å². The maximum atomic E-state index is 11.1. The van der Waals surface area contributed by atoms with E-state index in [0.717, 1.165) is 5.76 Å². The molecule has 2 heterocycles. The molecule has 0 spiro atoms. The zero-order valence-corrected chi connectivity index (χ0v) is 12.7. The van der Waals surface area contributed by atoms with E-state index in [2.05, 4.69) is 36.3 Å². The van der Waals surface area contributed by atoms with Crippen molar-refractivity contribution in [1.82, 2.24) is 20.2 Å². The van der Waals surface area contributed by atoms with E-state index in [1.807, 2.05) is 13.0 Å². The molecule has 0 saturated heterocycles. The van der Waals surface area contributed by atoms with Crippen molar-refractivity contribution in [2.75, 3.05) is 0 Å². The van der Waals surface area contributed by atoms with Crippen molar-refractivity contribution in [3.8, 4) is 11.6 Å². The Morgan fingerprint density at radius 1 is 1.43 bits per heavy atom. The van der Waals surface area contributed by atoms with Gasteiger partial charge in [0.2, 0.25) is 5.82 Å². The molecule has 0 radical (unpaired) electrons. The van der Waals surface area contributed by atoms with Crippen LogP contribution in [-0.2, 0) is 4.79 Å². The SMILES string of the molecule is Cc1ccc(-c2nnnn2C(CC(=O)O)CC(C)(C)C)o1. The number of aromatic nitrogens is 4. The van der Waals surface area contributed by atoms with E-state index in [1.165, 1.54) is 0 Å². The largest absolute Gasteiger partial charge is 0.481 e. The molecule has 0 aromatic carbocycles. The number of carboxylic acid groups (broad SMARTS) is 1. The van der Waals surface area contributed by atoms with E-state index in [1.54, 1.807) is 10.7 Å². The standard InChI is InChI=1S/C14H20N4O3/c1-9-5-6-11(21-9)13-15-16-17-18(13)10(7-12(19)20)8-14(2,3)4/h5-6,10H,7-8H2,1-4H3,(H,19,20). The highest BCUT2D eigenvalue weighted by molar-refractivity contribution is 5.67. The molecule has 1 N–H and O–H groups in total. The average Bonchev–Trinajstić information content (AvgIpc) is 2.93. The van der Waals surface area contributed by atoms with Crippen LogP contribution in [0, 0.1) is 12.3 Å². The number of aryl methyl sites for hydroxylation is 1. The molecule has 114 valence electrons. The summed E-state index contributed by atoms with van der Waals surface area (Å²) in [7, 11) is 0. The fraction of sp³-hybridized carbons (Fsp3) is 0.571. The Morgan fingerprint density at radius 3 is 2.67 bits per heavy atom. The van der Waals surface area contributed by atoms with Gasteiger partial charge in [-0.3, -0.25) is 4.79 Å². The van der Waals surface area contributed by atoms with Gasteiger partial charge < -0.3 is 9.52 Å². The Bertz CT molecular complexity index is 624. The predicted octanol–water partition coefficient (Wildman–Crippen LogP) is 2.69. The average molecular weight is 292 g/mol. The van der Waals surface area contributed by atoms with Gasteiger partial charge in [0, 0.05) is 0 Å². The summed E-state index contributed by atoms with van der Waals surface area (Å²) >= 11 is 0. The summed E-state index contributed by atoms with van der Waals surface area (Å²) in [6, 6.07) is 3.29. The topological polar surface area (TPSA) is 94.0 Å². The number of furan rings is 1. The first-order valence-corrected chi connectivity index (χ1v) is 6.83. The molecule has 0 saturated carbocycles. The summed E-state index contributed by atoms with van der Waals surface area (Å²) in [5, 5.41) is 20.8. The Balaban J connectivity index is 2.36. The van der Waals surface area contributed by atoms with Gasteiger partial charge in [0.25, 0.3) is 0 Å². The van der Waals surface area contributed by atoms with Gasteiger partial charge in [0.15, 0.2) is 5.76 Å². The van der Waals surface area contributed by atoms with Crippen molar-refractivity contribution in [3.05, 3.63) is 17.9 Å². The second-order valence-electron chi connectivity index (χ2n) is 6.37. The van der Waals surface area contributed by atoms with Crippen LogP contribution < -0.4 is 0 Å². The van der Waals surface area contributed by atoms with Crippen LogP contribution in [-0.4, -0.2) is 31.3 Å². The molecule has 7 heteroatoms. The van der Waals surface area contributed by atoms with Crippen molar-refractivity contribution < 1.29 is 14.3 Å². The quantitative estimate of drug-likeness (QED) is 0.910. The van der Waals surface area contributed by atoms with Gasteiger partial charge in [0.05, 0.1) is 12.5 Å². The van der Waals surface area contributed by atoms with Gasteiger partial charge >= 0.3 is 5.97 Å². The van der Waals surface area contributed by atoms with Crippen LogP contribution in [0.4, 0.5) is 0 Å². The molecule has 1 unspecified atom stereocenters. The third-order valence-corrected chi connectivity index (χ3v) is 3.06. The molecule has 2 rings (SSSR count). The number of tetrazole rings is 1. The first kappa shape index (κ1) is 15.2. The Hall–Kier alpha value is -2.18. The molecule has 1 atom stereocenters. The van der Waals surface area contributed by atoms with Crippen LogP contribution >= 0.6 is 0 Å². The Labute approximate surface area is 123 Å². The summed E-state index contributed by atoms with van der Waals surface area (Å²) in [6.07, 6.45) is 0.617. The second kappa shape index (κ2) is 5.67. The zero-order chi connectivity index (χ0) is 15.6. The van der Waals surface area contributed by atoms with Gasteiger partial charge in [-0.05, 0) is 41.3 Å². The summed E-state index contributed by atoms with van der Waals surface area (Å²) in [5.74, 6) is 0.881. The molecule has 7 nitrogen and oxygen atoms in total. The molecular weight excluding hydrogens is 272 g/mol. The molecule has 0 aliphatic carbocycles. The first-order valence-electron chi connectivity index (χ1n) is 6.83. The molecule has 2 aromatic heterocycles. The minimum absolute atomic E-state index is 0.0327. The lowest BCUT2D eigenvalue weighted by Gasteiger charge is -2.25. The van der Waals surface area contributed by atoms with Gasteiger partial charge in [0.1, 0.15) is 5.76 Å². The van der Waals surface area contributed by atoms with Crippen molar-refractivity contribution in [1.29, 1.82) is 0 Å². The summed E-state index contributed by atoms with van der Waals surface area (Å²) in [4.78, 5) is 11.1. The molecule has 0 bridgehead atoms.